The highest BCUT2D eigenvalue weighted by Crippen LogP contribution is 2.27. The normalized spacial score (nSPS) is 12.7. The van der Waals surface area contributed by atoms with Crippen molar-refractivity contribution in [1.29, 1.82) is 0 Å². The Kier molecular flexibility index (Phi) is 5.27. The van der Waals surface area contributed by atoms with Crippen molar-refractivity contribution in [3.8, 4) is 0 Å². The highest BCUT2D eigenvalue weighted by molar-refractivity contribution is 4.80. The second-order valence-electron chi connectivity index (χ2n) is 3.88. The molecule has 0 heteroatoms. The van der Waals surface area contributed by atoms with Gasteiger partial charge in [-0.3, -0.25) is 0 Å². The van der Waals surface area contributed by atoms with Gasteiger partial charge >= 0.3 is 0 Å². The minimum atomic E-state index is 0.487. The topological polar surface area (TPSA) is 0 Å². The van der Waals surface area contributed by atoms with Crippen LogP contribution < -0.4 is 0 Å². The van der Waals surface area contributed by atoms with Crippen LogP contribution in [-0.4, -0.2) is 0 Å². The summed E-state index contributed by atoms with van der Waals surface area (Å²) in [4.78, 5) is 0. The van der Waals surface area contributed by atoms with Crippen LogP contribution in [0.5, 0.6) is 0 Å². The molecule has 0 N–H and O–H groups in total. The van der Waals surface area contributed by atoms with Gasteiger partial charge in [-0.15, -0.1) is 0 Å². The molecule has 0 fully saturated rings. The minimum absolute atomic E-state index is 0.487. The lowest BCUT2D eigenvalue weighted by molar-refractivity contribution is 0.312. The molecule has 0 spiro atoms. The maximum absolute atomic E-state index is 3.88. The van der Waals surface area contributed by atoms with E-state index >= 15 is 0 Å². The van der Waals surface area contributed by atoms with Crippen molar-refractivity contribution in [2.75, 3.05) is 0 Å². The molecular formula is C11H21. The maximum Gasteiger partial charge on any atom is -0.0346 e. The molecule has 0 atom stereocenters. The molecule has 0 bridgehead atoms. The molecule has 0 aromatic heterocycles. The molecular weight excluding hydrogens is 132 g/mol. The molecule has 0 nitrogen and oxygen atoms in total. The van der Waals surface area contributed by atoms with E-state index in [1.807, 2.05) is 0 Å². The fourth-order valence-electron chi connectivity index (χ4n) is 1.24. The Morgan fingerprint density at radius 1 is 1.27 bits per heavy atom. The highest BCUT2D eigenvalue weighted by atomic mass is 14.2. The number of hydrogen-bond acceptors (Lipinski definition) is 0. The monoisotopic (exact) mass is 153 g/mol. The zero-order chi connectivity index (χ0) is 8.74. The molecule has 0 aromatic rings. The quantitative estimate of drug-likeness (QED) is 0.524. The fraction of sp³-hybridized carbons (Fsp3) is 0.727. The van der Waals surface area contributed by atoms with Gasteiger partial charge in [-0.25, -0.2) is 0 Å². The van der Waals surface area contributed by atoms with Crippen LogP contribution >= 0.6 is 0 Å². The Morgan fingerprint density at radius 2 is 1.91 bits per heavy atom. The molecule has 0 saturated heterocycles. The van der Waals surface area contributed by atoms with Crippen LogP contribution in [0.15, 0.2) is 12.2 Å². The molecule has 0 rings (SSSR count). The zero-order valence-corrected chi connectivity index (χ0v) is 8.19. The number of allylic oxidation sites excluding steroid dienone is 2. The van der Waals surface area contributed by atoms with Gasteiger partial charge in [-0.05, 0) is 31.6 Å². The Balaban J connectivity index is 3.54. The third kappa shape index (κ3) is 6.15. The summed E-state index contributed by atoms with van der Waals surface area (Å²) in [6, 6.07) is 0. The van der Waals surface area contributed by atoms with Crippen LogP contribution in [0.2, 0.25) is 0 Å². The Morgan fingerprint density at radius 3 is 2.36 bits per heavy atom. The van der Waals surface area contributed by atoms with Crippen LogP contribution in [0.1, 0.15) is 46.5 Å². The van der Waals surface area contributed by atoms with Gasteiger partial charge < -0.3 is 0 Å². The van der Waals surface area contributed by atoms with E-state index in [1.165, 1.54) is 19.3 Å². The average molecular weight is 153 g/mol. The Bertz CT molecular complexity index is 109. The third-order valence-electron chi connectivity index (χ3n) is 2.08. The molecule has 1 radical (unpaired) electrons. The summed E-state index contributed by atoms with van der Waals surface area (Å²) >= 11 is 0. The summed E-state index contributed by atoms with van der Waals surface area (Å²) in [5, 5.41) is 0. The van der Waals surface area contributed by atoms with Crippen LogP contribution in [-0.2, 0) is 0 Å². The molecule has 65 valence electrons. The molecule has 0 amide bonds. The molecule has 0 aliphatic rings. The van der Waals surface area contributed by atoms with Gasteiger partial charge in [0.25, 0.3) is 0 Å². The van der Waals surface area contributed by atoms with E-state index in [0.29, 0.717) is 5.41 Å². The number of hydrogen-bond donors (Lipinski definition) is 0. The van der Waals surface area contributed by atoms with Gasteiger partial charge in [0.05, 0.1) is 0 Å². The Hall–Kier alpha value is -0.260. The largest absolute Gasteiger partial charge is 0.0917 e. The minimum Gasteiger partial charge on any atom is -0.0917 e. The van der Waals surface area contributed by atoms with Gasteiger partial charge in [-0.1, -0.05) is 39.3 Å². The summed E-state index contributed by atoms with van der Waals surface area (Å²) in [5.41, 5.74) is 0.487. The molecule has 0 unspecified atom stereocenters. The summed E-state index contributed by atoms with van der Waals surface area (Å²) in [7, 11) is 0. The van der Waals surface area contributed by atoms with Crippen molar-refractivity contribution in [2.45, 2.75) is 46.5 Å². The van der Waals surface area contributed by atoms with Crippen molar-refractivity contribution in [1.82, 2.24) is 0 Å². The fourth-order valence-corrected chi connectivity index (χ4v) is 1.24. The maximum atomic E-state index is 3.88. The summed E-state index contributed by atoms with van der Waals surface area (Å²) in [6.45, 7) is 10.6. The van der Waals surface area contributed by atoms with Crippen LogP contribution in [0.4, 0.5) is 0 Å². The van der Waals surface area contributed by atoms with E-state index < -0.39 is 0 Å². The van der Waals surface area contributed by atoms with Crippen molar-refractivity contribution < 1.29 is 0 Å². The first-order valence-corrected chi connectivity index (χ1v) is 4.53. The lowest BCUT2D eigenvalue weighted by Crippen LogP contribution is -2.09. The molecule has 11 heavy (non-hydrogen) atoms. The summed E-state index contributed by atoms with van der Waals surface area (Å²) in [5.74, 6) is 0. The summed E-state index contributed by atoms with van der Waals surface area (Å²) in [6.07, 6.45) is 9.16. The SMILES string of the molecule is [CH2]CCC(C)(C)CC/C=C/C. The second kappa shape index (κ2) is 5.40. The first kappa shape index (κ1) is 10.7. The van der Waals surface area contributed by atoms with Crippen molar-refractivity contribution >= 4 is 0 Å². The molecule has 0 aliphatic carbocycles. The van der Waals surface area contributed by atoms with Crippen molar-refractivity contribution in [2.24, 2.45) is 5.41 Å². The number of rotatable bonds is 5. The summed E-state index contributed by atoms with van der Waals surface area (Å²) < 4.78 is 0. The van der Waals surface area contributed by atoms with E-state index in [9.17, 15) is 0 Å². The van der Waals surface area contributed by atoms with Crippen LogP contribution in [0.25, 0.3) is 0 Å². The van der Waals surface area contributed by atoms with E-state index in [4.69, 9.17) is 0 Å². The molecule has 0 heterocycles. The standard InChI is InChI=1S/C11H21/c1-5-7-8-10-11(3,4)9-6-2/h5,7H,2,6,8-10H2,1,3-4H3/b7-5+. The van der Waals surface area contributed by atoms with Gasteiger partial charge in [0.15, 0.2) is 0 Å². The van der Waals surface area contributed by atoms with Crippen molar-refractivity contribution in [3.05, 3.63) is 19.1 Å². The third-order valence-corrected chi connectivity index (χ3v) is 2.08. The van der Waals surface area contributed by atoms with E-state index in [2.05, 4.69) is 39.8 Å². The highest BCUT2D eigenvalue weighted by Gasteiger charge is 2.14. The lowest BCUT2D eigenvalue weighted by atomic mass is 9.83. The van der Waals surface area contributed by atoms with E-state index in [1.54, 1.807) is 0 Å². The average Bonchev–Trinajstić information content (AvgIpc) is 1.87. The van der Waals surface area contributed by atoms with E-state index in [-0.39, 0.29) is 0 Å². The lowest BCUT2D eigenvalue weighted by Gasteiger charge is -2.22. The predicted molar refractivity (Wildman–Crippen MR) is 52.4 cm³/mol. The van der Waals surface area contributed by atoms with Gasteiger partial charge in [0, 0.05) is 0 Å². The Labute approximate surface area is 71.7 Å². The molecule has 0 aliphatic heterocycles. The van der Waals surface area contributed by atoms with Gasteiger partial charge in [0.1, 0.15) is 0 Å². The van der Waals surface area contributed by atoms with Gasteiger partial charge in [0.2, 0.25) is 0 Å². The second-order valence-corrected chi connectivity index (χ2v) is 3.88. The van der Waals surface area contributed by atoms with Crippen LogP contribution in [0, 0.1) is 12.3 Å². The first-order valence-electron chi connectivity index (χ1n) is 4.53. The zero-order valence-electron chi connectivity index (χ0n) is 8.19. The van der Waals surface area contributed by atoms with Crippen molar-refractivity contribution in [3.63, 3.8) is 0 Å². The predicted octanol–water partition coefficient (Wildman–Crippen LogP) is 3.98. The van der Waals surface area contributed by atoms with Gasteiger partial charge in [-0.2, -0.15) is 0 Å². The molecule has 0 aromatic carbocycles. The first-order chi connectivity index (χ1) is 5.12. The van der Waals surface area contributed by atoms with E-state index in [0.717, 1.165) is 6.42 Å². The smallest absolute Gasteiger partial charge is 0.0346 e. The van der Waals surface area contributed by atoms with Crippen LogP contribution in [0.3, 0.4) is 0 Å². The molecule has 0 saturated carbocycles.